The molecule has 0 aliphatic heterocycles. The lowest BCUT2D eigenvalue weighted by atomic mass is 10.1. The van der Waals surface area contributed by atoms with Gasteiger partial charge in [-0.3, -0.25) is 4.79 Å². The van der Waals surface area contributed by atoms with Gasteiger partial charge in [0.15, 0.2) is 5.13 Å². The number of amides is 1. The number of nitrogens with zero attached hydrogens (tertiary/aromatic N) is 2. The number of nitrogens with one attached hydrogen (secondary N) is 1. The van der Waals surface area contributed by atoms with Crippen molar-refractivity contribution in [2.75, 3.05) is 11.1 Å². The van der Waals surface area contributed by atoms with Crippen molar-refractivity contribution in [2.45, 2.75) is 12.7 Å². The van der Waals surface area contributed by atoms with E-state index in [1.54, 1.807) is 12.1 Å². The molecular formula is C20H17N3OS2. The van der Waals surface area contributed by atoms with E-state index in [-0.39, 0.29) is 5.91 Å². The van der Waals surface area contributed by atoms with Crippen LogP contribution in [0.3, 0.4) is 0 Å². The first-order valence-electron chi connectivity index (χ1n) is 8.03. The second kappa shape index (κ2) is 8.65. The van der Waals surface area contributed by atoms with Gasteiger partial charge in [0.05, 0.1) is 23.1 Å². The lowest BCUT2D eigenvalue weighted by Crippen LogP contribution is -2.13. The van der Waals surface area contributed by atoms with E-state index in [1.165, 1.54) is 28.7 Å². The molecule has 4 nitrogen and oxygen atoms in total. The number of hydrogen-bond acceptors (Lipinski definition) is 5. The Kier molecular flexibility index (Phi) is 6.05. The molecule has 6 heteroatoms. The number of carbonyl (C=O) groups excluding carboxylic acids is 1. The van der Waals surface area contributed by atoms with Gasteiger partial charge in [-0.15, -0.1) is 23.1 Å². The molecule has 2 aromatic carbocycles. The molecule has 0 aliphatic rings. The van der Waals surface area contributed by atoms with Crippen LogP contribution in [0.5, 0.6) is 0 Å². The molecule has 0 saturated heterocycles. The van der Waals surface area contributed by atoms with Crippen LogP contribution in [0, 0.1) is 18.3 Å². The minimum atomic E-state index is -0.0616. The molecule has 1 aromatic heterocycles. The molecule has 0 saturated carbocycles. The van der Waals surface area contributed by atoms with Crippen molar-refractivity contribution in [3.8, 4) is 17.3 Å². The van der Waals surface area contributed by atoms with E-state index in [9.17, 15) is 4.79 Å². The minimum Gasteiger partial charge on any atom is -0.301 e. The smallest absolute Gasteiger partial charge is 0.236 e. The predicted octanol–water partition coefficient (Wildman–Crippen LogP) is 4.86. The summed E-state index contributed by atoms with van der Waals surface area (Å²) in [6.45, 7) is 2.05. The summed E-state index contributed by atoms with van der Waals surface area (Å²) in [6.07, 6.45) is 0. The molecule has 0 fully saturated rings. The van der Waals surface area contributed by atoms with Gasteiger partial charge in [-0.1, -0.05) is 42.0 Å². The number of nitriles is 1. The van der Waals surface area contributed by atoms with Gasteiger partial charge in [-0.05, 0) is 24.6 Å². The van der Waals surface area contributed by atoms with Crippen LogP contribution in [0.4, 0.5) is 5.13 Å². The SMILES string of the molecule is Cc1ccc(-c2csc(NC(=O)CSCc3ccc(C#N)cc3)n2)cc1. The van der Waals surface area contributed by atoms with Gasteiger partial charge in [-0.25, -0.2) is 4.98 Å². The van der Waals surface area contributed by atoms with Gasteiger partial charge in [-0.2, -0.15) is 5.26 Å². The molecule has 0 aliphatic carbocycles. The highest BCUT2D eigenvalue weighted by atomic mass is 32.2. The average Bonchev–Trinajstić information content (AvgIpc) is 3.11. The molecule has 1 N–H and O–H groups in total. The predicted molar refractivity (Wildman–Crippen MR) is 108 cm³/mol. The fraction of sp³-hybridized carbons (Fsp3) is 0.150. The number of carbonyl (C=O) groups is 1. The highest BCUT2D eigenvalue weighted by Gasteiger charge is 2.08. The van der Waals surface area contributed by atoms with Crippen LogP contribution in [-0.2, 0) is 10.5 Å². The maximum absolute atomic E-state index is 12.1. The van der Waals surface area contributed by atoms with Crippen molar-refractivity contribution in [3.05, 3.63) is 70.6 Å². The average molecular weight is 380 g/mol. The van der Waals surface area contributed by atoms with Crippen molar-refractivity contribution < 1.29 is 4.79 Å². The quantitative estimate of drug-likeness (QED) is 0.664. The van der Waals surface area contributed by atoms with Crippen molar-refractivity contribution in [2.24, 2.45) is 0 Å². The number of anilines is 1. The molecule has 1 amide bonds. The van der Waals surface area contributed by atoms with E-state index in [4.69, 9.17) is 5.26 Å². The number of hydrogen-bond donors (Lipinski definition) is 1. The zero-order valence-corrected chi connectivity index (χ0v) is 15.9. The zero-order valence-electron chi connectivity index (χ0n) is 14.2. The van der Waals surface area contributed by atoms with E-state index >= 15 is 0 Å². The summed E-state index contributed by atoms with van der Waals surface area (Å²) >= 11 is 2.96. The minimum absolute atomic E-state index is 0.0616. The largest absolute Gasteiger partial charge is 0.301 e. The Balaban J connectivity index is 1.49. The molecule has 0 atom stereocenters. The molecule has 0 bridgehead atoms. The maximum Gasteiger partial charge on any atom is 0.236 e. The summed E-state index contributed by atoms with van der Waals surface area (Å²) in [4.78, 5) is 16.6. The molecule has 130 valence electrons. The summed E-state index contributed by atoms with van der Waals surface area (Å²) in [5.74, 6) is 1.03. The summed E-state index contributed by atoms with van der Waals surface area (Å²) in [7, 11) is 0. The second-order valence-corrected chi connectivity index (χ2v) is 7.60. The monoisotopic (exact) mass is 379 g/mol. The molecule has 1 heterocycles. The number of benzene rings is 2. The standard InChI is InChI=1S/C20H17N3OS2/c1-14-2-8-17(9-3-14)18-12-26-20(22-18)23-19(24)13-25-11-16-6-4-15(10-21)5-7-16/h2-9,12H,11,13H2,1H3,(H,22,23,24). The van der Waals surface area contributed by atoms with Crippen LogP contribution in [0.1, 0.15) is 16.7 Å². The molecule has 26 heavy (non-hydrogen) atoms. The van der Waals surface area contributed by atoms with Crippen LogP contribution in [-0.4, -0.2) is 16.6 Å². The van der Waals surface area contributed by atoms with Gasteiger partial charge in [0.2, 0.25) is 5.91 Å². The van der Waals surface area contributed by atoms with Gasteiger partial charge in [0.1, 0.15) is 0 Å². The number of rotatable bonds is 6. The molecule has 0 spiro atoms. The molecule has 3 rings (SSSR count). The van der Waals surface area contributed by atoms with Crippen molar-refractivity contribution >= 4 is 34.1 Å². The Morgan fingerprint density at radius 1 is 1.19 bits per heavy atom. The van der Waals surface area contributed by atoms with Crippen molar-refractivity contribution in [3.63, 3.8) is 0 Å². The van der Waals surface area contributed by atoms with Crippen LogP contribution < -0.4 is 5.32 Å². The fourth-order valence-corrected chi connectivity index (χ4v) is 3.80. The van der Waals surface area contributed by atoms with E-state index in [0.29, 0.717) is 16.4 Å². The molecule has 3 aromatic rings. The molecule has 0 unspecified atom stereocenters. The Hall–Kier alpha value is -2.62. The number of aryl methyl sites for hydroxylation is 1. The normalized spacial score (nSPS) is 10.3. The van der Waals surface area contributed by atoms with E-state index in [1.807, 2.05) is 48.7 Å². The Morgan fingerprint density at radius 2 is 1.92 bits per heavy atom. The van der Waals surface area contributed by atoms with Gasteiger partial charge in [0.25, 0.3) is 0 Å². The number of thiazole rings is 1. The maximum atomic E-state index is 12.1. The molecule has 0 radical (unpaired) electrons. The van der Waals surface area contributed by atoms with E-state index in [0.717, 1.165) is 22.6 Å². The third kappa shape index (κ3) is 4.94. The van der Waals surface area contributed by atoms with Crippen LogP contribution in [0.2, 0.25) is 0 Å². The number of aromatic nitrogens is 1. The van der Waals surface area contributed by atoms with Gasteiger partial charge >= 0.3 is 0 Å². The van der Waals surface area contributed by atoms with Crippen LogP contribution >= 0.6 is 23.1 Å². The first-order valence-corrected chi connectivity index (χ1v) is 10.1. The van der Waals surface area contributed by atoms with Gasteiger partial charge < -0.3 is 5.32 Å². The fourth-order valence-electron chi connectivity index (χ4n) is 2.28. The zero-order chi connectivity index (χ0) is 18.4. The Morgan fingerprint density at radius 3 is 2.62 bits per heavy atom. The third-order valence-electron chi connectivity index (χ3n) is 3.68. The summed E-state index contributed by atoms with van der Waals surface area (Å²) < 4.78 is 0. The number of thioether (sulfide) groups is 1. The summed E-state index contributed by atoms with van der Waals surface area (Å²) in [5, 5.41) is 14.2. The molecular weight excluding hydrogens is 362 g/mol. The second-order valence-electron chi connectivity index (χ2n) is 5.75. The van der Waals surface area contributed by atoms with Crippen LogP contribution in [0.15, 0.2) is 53.9 Å². The summed E-state index contributed by atoms with van der Waals surface area (Å²) in [6, 6.07) is 17.7. The van der Waals surface area contributed by atoms with Crippen molar-refractivity contribution in [1.29, 1.82) is 5.26 Å². The Labute approximate surface area is 160 Å². The van der Waals surface area contributed by atoms with E-state index < -0.39 is 0 Å². The lowest BCUT2D eigenvalue weighted by molar-refractivity contribution is -0.113. The highest BCUT2D eigenvalue weighted by Crippen LogP contribution is 2.25. The first kappa shape index (κ1) is 18.2. The highest BCUT2D eigenvalue weighted by molar-refractivity contribution is 7.99. The Bertz CT molecular complexity index is 925. The lowest BCUT2D eigenvalue weighted by Gasteiger charge is -2.03. The topological polar surface area (TPSA) is 65.8 Å². The van der Waals surface area contributed by atoms with Gasteiger partial charge in [0, 0.05) is 16.7 Å². The summed E-state index contributed by atoms with van der Waals surface area (Å²) in [5.41, 5.74) is 4.86. The van der Waals surface area contributed by atoms with E-state index in [2.05, 4.69) is 16.4 Å². The third-order valence-corrected chi connectivity index (χ3v) is 5.44. The van der Waals surface area contributed by atoms with Crippen molar-refractivity contribution in [1.82, 2.24) is 4.98 Å². The first-order chi connectivity index (χ1) is 12.6. The van der Waals surface area contributed by atoms with Crippen LogP contribution in [0.25, 0.3) is 11.3 Å².